The molecule has 1 aromatic carbocycles. The average Bonchev–Trinajstić information content (AvgIpc) is 3.02. The van der Waals surface area contributed by atoms with Gasteiger partial charge in [0, 0.05) is 12.4 Å². The summed E-state index contributed by atoms with van der Waals surface area (Å²) in [5.41, 5.74) is 5.11. The van der Waals surface area contributed by atoms with Gasteiger partial charge in [-0.15, -0.1) is 0 Å². The number of nitrogens with zero attached hydrogens (tertiary/aromatic N) is 4. The maximum Gasteiger partial charge on any atom is 0.142 e. The Kier molecular flexibility index (Phi) is 1.97. The molecule has 19 heavy (non-hydrogen) atoms. The molecule has 4 aromatic rings. The highest BCUT2D eigenvalue weighted by Gasteiger charge is 2.11. The van der Waals surface area contributed by atoms with E-state index in [0.717, 1.165) is 33.5 Å². The van der Waals surface area contributed by atoms with Crippen LogP contribution in [0.5, 0.6) is 0 Å². The van der Waals surface area contributed by atoms with Crippen molar-refractivity contribution >= 4 is 16.6 Å². The lowest BCUT2D eigenvalue weighted by molar-refractivity contribution is 0.946. The number of aromatic nitrogens is 5. The predicted octanol–water partition coefficient (Wildman–Crippen LogP) is 2.58. The minimum atomic E-state index is 0.826. The lowest BCUT2D eigenvalue weighted by Gasteiger charge is -1.93. The van der Waals surface area contributed by atoms with E-state index in [-0.39, 0.29) is 0 Å². The van der Waals surface area contributed by atoms with Crippen LogP contribution in [-0.2, 0) is 0 Å². The Morgan fingerprint density at radius 2 is 2.16 bits per heavy atom. The molecular weight excluding hydrogens is 238 g/mol. The number of aromatic amines is 1. The van der Waals surface area contributed by atoms with Crippen molar-refractivity contribution in [1.29, 1.82) is 0 Å². The van der Waals surface area contributed by atoms with Gasteiger partial charge in [0.05, 0.1) is 34.5 Å². The highest BCUT2D eigenvalue weighted by molar-refractivity contribution is 5.85. The first kappa shape index (κ1) is 10.3. The molecule has 0 bridgehead atoms. The Hall–Kier alpha value is -2.69. The molecule has 0 aliphatic carbocycles. The van der Waals surface area contributed by atoms with Gasteiger partial charge in [-0.2, -0.15) is 5.10 Å². The summed E-state index contributed by atoms with van der Waals surface area (Å²) in [5.74, 6) is 0.826. The van der Waals surface area contributed by atoms with E-state index in [1.165, 1.54) is 0 Å². The van der Waals surface area contributed by atoms with E-state index in [4.69, 9.17) is 0 Å². The zero-order valence-corrected chi connectivity index (χ0v) is 10.3. The van der Waals surface area contributed by atoms with Crippen LogP contribution in [0.1, 0.15) is 5.56 Å². The monoisotopic (exact) mass is 249 g/mol. The van der Waals surface area contributed by atoms with Gasteiger partial charge in [-0.1, -0.05) is 12.1 Å². The summed E-state index contributed by atoms with van der Waals surface area (Å²) < 4.78 is 1.79. The molecule has 3 heterocycles. The van der Waals surface area contributed by atoms with Crippen LogP contribution in [0.4, 0.5) is 0 Å². The van der Waals surface area contributed by atoms with E-state index in [2.05, 4.69) is 33.0 Å². The Balaban J connectivity index is 2.02. The number of hydrogen-bond acceptors (Lipinski definition) is 3. The van der Waals surface area contributed by atoms with E-state index in [1.54, 1.807) is 16.9 Å². The Labute approximate surface area is 108 Å². The summed E-state index contributed by atoms with van der Waals surface area (Å²) in [4.78, 5) is 12.1. The molecule has 0 radical (unpaired) electrons. The van der Waals surface area contributed by atoms with Crippen LogP contribution in [0, 0.1) is 6.92 Å². The van der Waals surface area contributed by atoms with Crippen molar-refractivity contribution in [2.24, 2.45) is 0 Å². The standard InChI is InChI=1S/C14H11N5/c1-9-3-2-4-11-13(9)18-14(17-11)10-7-16-19-6-5-15-8-12(10)19/h2-8H,1H3,(H,17,18). The number of aryl methyl sites for hydroxylation is 1. The minimum absolute atomic E-state index is 0.826. The summed E-state index contributed by atoms with van der Waals surface area (Å²) in [7, 11) is 0. The van der Waals surface area contributed by atoms with Gasteiger partial charge in [-0.05, 0) is 18.6 Å². The Morgan fingerprint density at radius 3 is 3.05 bits per heavy atom. The second-order valence-electron chi connectivity index (χ2n) is 4.52. The van der Waals surface area contributed by atoms with Crippen LogP contribution in [0.15, 0.2) is 43.0 Å². The van der Waals surface area contributed by atoms with Crippen molar-refractivity contribution in [3.8, 4) is 11.4 Å². The molecule has 0 atom stereocenters. The topological polar surface area (TPSA) is 58.9 Å². The molecule has 3 aromatic heterocycles. The summed E-state index contributed by atoms with van der Waals surface area (Å²) in [6, 6.07) is 6.12. The number of fused-ring (bicyclic) bond motifs is 2. The lowest BCUT2D eigenvalue weighted by atomic mass is 10.2. The van der Waals surface area contributed by atoms with Crippen LogP contribution in [0.3, 0.4) is 0 Å². The van der Waals surface area contributed by atoms with Crippen molar-refractivity contribution in [1.82, 2.24) is 24.6 Å². The molecule has 5 nitrogen and oxygen atoms in total. The van der Waals surface area contributed by atoms with Crippen molar-refractivity contribution in [2.45, 2.75) is 6.92 Å². The molecule has 1 N–H and O–H groups in total. The second-order valence-corrected chi connectivity index (χ2v) is 4.52. The second kappa shape index (κ2) is 3.65. The summed E-state index contributed by atoms with van der Waals surface area (Å²) in [5, 5.41) is 4.30. The molecular formula is C14H11N5. The summed E-state index contributed by atoms with van der Waals surface area (Å²) in [6.07, 6.45) is 7.14. The van der Waals surface area contributed by atoms with E-state index >= 15 is 0 Å². The third kappa shape index (κ3) is 1.45. The number of benzene rings is 1. The molecule has 0 saturated heterocycles. The van der Waals surface area contributed by atoms with Crippen molar-refractivity contribution in [3.63, 3.8) is 0 Å². The molecule has 0 aliphatic rings. The van der Waals surface area contributed by atoms with Crippen molar-refractivity contribution in [2.75, 3.05) is 0 Å². The number of H-pyrrole nitrogens is 1. The largest absolute Gasteiger partial charge is 0.338 e. The Morgan fingerprint density at radius 1 is 1.21 bits per heavy atom. The highest BCUT2D eigenvalue weighted by Crippen LogP contribution is 2.25. The fourth-order valence-electron chi connectivity index (χ4n) is 2.32. The SMILES string of the molecule is Cc1cccc2[nH]c(-c3cnn4ccncc34)nc12. The van der Waals surface area contributed by atoms with Gasteiger partial charge in [0.15, 0.2) is 0 Å². The first-order valence-corrected chi connectivity index (χ1v) is 6.06. The van der Waals surface area contributed by atoms with Gasteiger partial charge in [0.1, 0.15) is 5.82 Å². The molecule has 4 rings (SSSR count). The molecule has 5 heteroatoms. The van der Waals surface area contributed by atoms with E-state index in [1.807, 2.05) is 24.5 Å². The summed E-state index contributed by atoms with van der Waals surface area (Å²) >= 11 is 0. The maximum absolute atomic E-state index is 4.67. The molecule has 0 amide bonds. The fourth-order valence-corrected chi connectivity index (χ4v) is 2.32. The van der Waals surface area contributed by atoms with E-state index in [9.17, 15) is 0 Å². The molecule has 0 fully saturated rings. The molecule has 0 saturated carbocycles. The average molecular weight is 249 g/mol. The summed E-state index contributed by atoms with van der Waals surface area (Å²) in [6.45, 7) is 2.06. The maximum atomic E-state index is 4.67. The van der Waals surface area contributed by atoms with E-state index in [0.29, 0.717) is 0 Å². The van der Waals surface area contributed by atoms with Crippen LogP contribution in [0.25, 0.3) is 27.9 Å². The predicted molar refractivity (Wildman–Crippen MR) is 72.8 cm³/mol. The third-order valence-electron chi connectivity index (χ3n) is 3.29. The fraction of sp³-hybridized carbons (Fsp3) is 0.0714. The normalized spacial score (nSPS) is 11.4. The Bertz CT molecular complexity index is 887. The zero-order chi connectivity index (χ0) is 12.8. The third-order valence-corrected chi connectivity index (χ3v) is 3.29. The molecule has 0 spiro atoms. The first-order chi connectivity index (χ1) is 9.33. The van der Waals surface area contributed by atoms with Gasteiger partial charge in [0.2, 0.25) is 0 Å². The van der Waals surface area contributed by atoms with Gasteiger partial charge in [0.25, 0.3) is 0 Å². The zero-order valence-electron chi connectivity index (χ0n) is 10.3. The van der Waals surface area contributed by atoms with Crippen LogP contribution >= 0.6 is 0 Å². The van der Waals surface area contributed by atoms with Gasteiger partial charge < -0.3 is 4.98 Å². The number of imidazole rings is 1. The number of para-hydroxylation sites is 1. The molecule has 0 unspecified atom stereocenters. The molecule has 92 valence electrons. The smallest absolute Gasteiger partial charge is 0.142 e. The first-order valence-electron chi connectivity index (χ1n) is 6.06. The van der Waals surface area contributed by atoms with Crippen LogP contribution in [0.2, 0.25) is 0 Å². The van der Waals surface area contributed by atoms with Gasteiger partial charge in [-0.25, -0.2) is 9.50 Å². The molecule has 0 aliphatic heterocycles. The lowest BCUT2D eigenvalue weighted by Crippen LogP contribution is -1.86. The van der Waals surface area contributed by atoms with Crippen LogP contribution in [-0.4, -0.2) is 24.6 Å². The number of hydrogen-bond donors (Lipinski definition) is 1. The number of rotatable bonds is 1. The van der Waals surface area contributed by atoms with Gasteiger partial charge >= 0.3 is 0 Å². The van der Waals surface area contributed by atoms with Gasteiger partial charge in [-0.3, -0.25) is 4.98 Å². The highest BCUT2D eigenvalue weighted by atomic mass is 15.2. The number of nitrogens with one attached hydrogen (secondary N) is 1. The van der Waals surface area contributed by atoms with Crippen molar-refractivity contribution < 1.29 is 0 Å². The minimum Gasteiger partial charge on any atom is -0.338 e. The quantitative estimate of drug-likeness (QED) is 0.564. The van der Waals surface area contributed by atoms with Crippen molar-refractivity contribution in [3.05, 3.63) is 48.5 Å². The van der Waals surface area contributed by atoms with Crippen LogP contribution < -0.4 is 0 Å². The van der Waals surface area contributed by atoms with E-state index < -0.39 is 0 Å².